The van der Waals surface area contributed by atoms with Gasteiger partial charge >= 0.3 is 0 Å². The number of likely N-dealkylation sites (N-methyl/N-ethyl adjacent to an activating group) is 2. The van der Waals surface area contributed by atoms with E-state index in [-0.39, 0.29) is 0 Å². The molecule has 2 N–H and O–H groups in total. The number of pyridine rings is 2. The van der Waals surface area contributed by atoms with Crippen LogP contribution >= 0.6 is 24.4 Å². The Hall–Kier alpha value is -2.98. The summed E-state index contributed by atoms with van der Waals surface area (Å²) >= 11 is 10.8. The van der Waals surface area contributed by atoms with Gasteiger partial charge in [-0.1, -0.05) is 12.1 Å². The maximum absolute atomic E-state index is 5.39. The Morgan fingerprint density at radius 3 is 1.53 bits per heavy atom. The molecule has 2 heterocycles. The molecule has 158 valence electrons. The fourth-order valence-electron chi connectivity index (χ4n) is 2.21. The maximum Gasteiger partial charge on any atom is 0.189 e. The largest absolute Gasteiger partial charge is 0.349 e. The lowest BCUT2D eigenvalue weighted by Gasteiger charge is -2.24. The molecule has 0 saturated carbocycles. The smallest absolute Gasteiger partial charge is 0.189 e. The molecule has 2 rings (SSSR count). The molecule has 0 fully saturated rings. The van der Waals surface area contributed by atoms with Gasteiger partial charge in [0, 0.05) is 39.6 Å². The fourth-order valence-corrected chi connectivity index (χ4v) is 2.48. The Balaban J connectivity index is 1.78. The highest BCUT2D eigenvalue weighted by molar-refractivity contribution is 7.80. The molecule has 0 aromatic carbocycles. The topological polar surface area (TPSA) is 81.0 Å². The summed E-state index contributed by atoms with van der Waals surface area (Å²) in [7, 11) is 3.79. The summed E-state index contributed by atoms with van der Waals surface area (Å²) in [5, 5.41) is 9.63. The molecular weight excluding hydrogens is 416 g/mol. The normalized spacial score (nSPS) is 11.6. The lowest BCUT2D eigenvalue weighted by atomic mass is 10.3. The maximum atomic E-state index is 5.39. The van der Waals surface area contributed by atoms with E-state index in [2.05, 4.69) is 31.0 Å². The van der Waals surface area contributed by atoms with Crippen molar-refractivity contribution in [3.05, 3.63) is 60.2 Å². The molecule has 0 amide bonds. The third kappa shape index (κ3) is 7.45. The third-order valence-electron chi connectivity index (χ3n) is 4.17. The molecular formula is C20H26N8S2. The molecule has 8 nitrogen and oxygen atoms in total. The summed E-state index contributed by atoms with van der Waals surface area (Å²) < 4.78 is 0. The van der Waals surface area contributed by atoms with E-state index in [0.717, 1.165) is 22.8 Å². The molecule has 0 aliphatic rings. The van der Waals surface area contributed by atoms with Crippen molar-refractivity contribution in [2.45, 2.75) is 13.8 Å². The molecule has 10 heteroatoms. The fraction of sp³-hybridized carbons (Fsp3) is 0.300. The van der Waals surface area contributed by atoms with E-state index in [1.54, 1.807) is 12.4 Å². The van der Waals surface area contributed by atoms with Crippen LogP contribution in [0.5, 0.6) is 0 Å². The highest BCUT2D eigenvalue weighted by Crippen LogP contribution is 1.97. The average molecular weight is 443 g/mol. The van der Waals surface area contributed by atoms with Crippen molar-refractivity contribution in [3.8, 4) is 0 Å². The first-order chi connectivity index (χ1) is 14.4. The summed E-state index contributed by atoms with van der Waals surface area (Å²) in [5.41, 5.74) is 8.92. The van der Waals surface area contributed by atoms with Crippen molar-refractivity contribution >= 4 is 46.1 Å². The number of aromatic nitrogens is 2. The van der Waals surface area contributed by atoms with Gasteiger partial charge in [0.15, 0.2) is 10.2 Å². The van der Waals surface area contributed by atoms with Crippen molar-refractivity contribution in [3.63, 3.8) is 0 Å². The van der Waals surface area contributed by atoms with E-state index >= 15 is 0 Å². The van der Waals surface area contributed by atoms with Gasteiger partial charge in [-0.15, -0.1) is 0 Å². The van der Waals surface area contributed by atoms with Gasteiger partial charge in [0.25, 0.3) is 0 Å². The van der Waals surface area contributed by atoms with Crippen LogP contribution in [0.3, 0.4) is 0 Å². The predicted molar refractivity (Wildman–Crippen MR) is 130 cm³/mol. The molecule has 0 unspecified atom stereocenters. The molecule has 0 saturated heterocycles. The number of rotatable bonds is 7. The van der Waals surface area contributed by atoms with Crippen molar-refractivity contribution in [1.82, 2.24) is 30.6 Å². The van der Waals surface area contributed by atoms with Gasteiger partial charge in [-0.3, -0.25) is 20.8 Å². The zero-order valence-corrected chi connectivity index (χ0v) is 19.2. The Morgan fingerprint density at radius 2 is 1.20 bits per heavy atom. The van der Waals surface area contributed by atoms with E-state index in [0.29, 0.717) is 23.3 Å². The minimum atomic E-state index is 0.515. The Kier molecular flexibility index (Phi) is 9.23. The van der Waals surface area contributed by atoms with Gasteiger partial charge < -0.3 is 9.80 Å². The van der Waals surface area contributed by atoms with Crippen LogP contribution in [0.4, 0.5) is 0 Å². The van der Waals surface area contributed by atoms with Crippen LogP contribution in [0.1, 0.15) is 25.2 Å². The second kappa shape index (κ2) is 11.9. The SMILES string of the molecule is CC(=NNC(=S)N(C)CCN(C)C(=S)NN=C(C)c1ccccn1)c1ccccn1. The highest BCUT2D eigenvalue weighted by atomic mass is 32.1. The van der Waals surface area contributed by atoms with E-state index in [1.165, 1.54) is 0 Å². The summed E-state index contributed by atoms with van der Waals surface area (Å²) in [4.78, 5) is 12.3. The van der Waals surface area contributed by atoms with Gasteiger partial charge in [0.05, 0.1) is 22.8 Å². The second-order valence-corrected chi connectivity index (χ2v) is 7.27. The number of hydrogen-bond donors (Lipinski definition) is 2. The van der Waals surface area contributed by atoms with Gasteiger partial charge in [-0.25, -0.2) is 0 Å². The summed E-state index contributed by atoms with van der Waals surface area (Å²) in [6.45, 7) is 5.07. The van der Waals surface area contributed by atoms with E-state index < -0.39 is 0 Å². The molecule has 2 aromatic heterocycles. The molecule has 0 aliphatic carbocycles. The van der Waals surface area contributed by atoms with E-state index in [9.17, 15) is 0 Å². The second-order valence-electron chi connectivity index (χ2n) is 6.50. The molecule has 0 aliphatic heterocycles. The predicted octanol–water partition coefficient (Wildman–Crippen LogP) is 2.24. The van der Waals surface area contributed by atoms with Crippen LogP contribution in [0.15, 0.2) is 59.0 Å². The van der Waals surface area contributed by atoms with Crippen molar-refractivity contribution in [2.75, 3.05) is 27.2 Å². The molecule has 2 aromatic rings. The van der Waals surface area contributed by atoms with Gasteiger partial charge in [-0.05, 0) is 62.5 Å². The quantitative estimate of drug-likeness (QED) is 0.384. The van der Waals surface area contributed by atoms with Gasteiger partial charge in [0.1, 0.15) is 0 Å². The van der Waals surface area contributed by atoms with Crippen molar-refractivity contribution < 1.29 is 0 Å². The van der Waals surface area contributed by atoms with Gasteiger partial charge in [-0.2, -0.15) is 10.2 Å². The zero-order valence-electron chi connectivity index (χ0n) is 17.5. The molecule has 0 atom stereocenters. The first-order valence-electron chi connectivity index (χ1n) is 9.32. The Bertz CT molecular complexity index is 824. The minimum absolute atomic E-state index is 0.515. The number of thiocarbonyl (C=S) groups is 2. The van der Waals surface area contributed by atoms with Crippen LogP contribution in [-0.4, -0.2) is 68.6 Å². The minimum Gasteiger partial charge on any atom is -0.349 e. The highest BCUT2D eigenvalue weighted by Gasteiger charge is 2.08. The average Bonchev–Trinajstić information content (AvgIpc) is 2.79. The van der Waals surface area contributed by atoms with Crippen LogP contribution in [0.2, 0.25) is 0 Å². The van der Waals surface area contributed by atoms with Crippen LogP contribution < -0.4 is 10.9 Å². The van der Waals surface area contributed by atoms with E-state index in [4.69, 9.17) is 24.4 Å². The molecule has 0 spiro atoms. The Labute approximate surface area is 188 Å². The van der Waals surface area contributed by atoms with Crippen molar-refractivity contribution in [2.24, 2.45) is 10.2 Å². The van der Waals surface area contributed by atoms with Gasteiger partial charge in [0.2, 0.25) is 0 Å². The van der Waals surface area contributed by atoms with Crippen molar-refractivity contribution in [1.29, 1.82) is 0 Å². The summed E-state index contributed by atoms with van der Waals surface area (Å²) in [6.07, 6.45) is 3.46. The summed E-state index contributed by atoms with van der Waals surface area (Å²) in [5.74, 6) is 0. The first kappa shape index (κ1) is 23.3. The number of hydrogen-bond acceptors (Lipinski definition) is 6. The standard InChI is InChI=1S/C20H26N8S2/c1-15(17-9-5-7-11-21-17)23-25-19(29)27(3)13-14-28(4)20(30)26-24-16(2)18-10-6-8-12-22-18/h5-12H,13-14H2,1-4H3,(H,25,29)(H,26,30). The van der Waals surface area contributed by atoms with Crippen LogP contribution in [0, 0.1) is 0 Å². The third-order valence-corrected chi connectivity index (χ3v) is 4.98. The lowest BCUT2D eigenvalue weighted by Crippen LogP contribution is -2.42. The summed E-state index contributed by atoms with van der Waals surface area (Å²) in [6, 6.07) is 11.4. The lowest BCUT2D eigenvalue weighted by molar-refractivity contribution is 0.405. The number of nitrogens with zero attached hydrogens (tertiary/aromatic N) is 6. The Morgan fingerprint density at radius 1 is 0.800 bits per heavy atom. The molecule has 0 radical (unpaired) electrons. The monoisotopic (exact) mass is 442 g/mol. The van der Waals surface area contributed by atoms with Crippen LogP contribution in [-0.2, 0) is 0 Å². The zero-order chi connectivity index (χ0) is 21.9. The van der Waals surface area contributed by atoms with E-state index in [1.807, 2.05) is 74.1 Å². The first-order valence-corrected chi connectivity index (χ1v) is 10.1. The molecule has 0 bridgehead atoms. The number of nitrogens with one attached hydrogen (secondary N) is 2. The molecule has 30 heavy (non-hydrogen) atoms. The van der Waals surface area contributed by atoms with Crippen LogP contribution in [0.25, 0.3) is 0 Å². The number of hydrazone groups is 2.